The zero-order chi connectivity index (χ0) is 23.6. The molecule has 2 amide bonds. The molecule has 0 bridgehead atoms. The predicted molar refractivity (Wildman–Crippen MR) is 132 cm³/mol. The van der Waals surface area contributed by atoms with Gasteiger partial charge in [-0.3, -0.25) is 14.9 Å². The van der Waals surface area contributed by atoms with E-state index in [2.05, 4.69) is 27.8 Å². The molecule has 0 unspecified atom stereocenters. The van der Waals surface area contributed by atoms with Gasteiger partial charge in [-0.1, -0.05) is 42.2 Å². The largest absolute Gasteiger partial charge is 0.490 e. The van der Waals surface area contributed by atoms with E-state index >= 15 is 0 Å². The normalized spacial score (nSPS) is 10.5. The van der Waals surface area contributed by atoms with Crippen molar-refractivity contribution in [1.82, 2.24) is 10.2 Å². The molecule has 0 radical (unpaired) electrons. The SMILES string of the molecule is CCOc1ccc(C(=O)Nc2nnc(SCC(=O)Nc3ccc(CC)cc3)s2)cc1OCC. The maximum atomic E-state index is 12.6. The van der Waals surface area contributed by atoms with Crippen LogP contribution in [0.15, 0.2) is 46.8 Å². The van der Waals surface area contributed by atoms with Gasteiger partial charge >= 0.3 is 0 Å². The van der Waals surface area contributed by atoms with Crippen LogP contribution in [0, 0.1) is 0 Å². The number of ether oxygens (including phenoxy) is 2. The molecule has 174 valence electrons. The highest BCUT2D eigenvalue weighted by atomic mass is 32.2. The zero-order valence-corrected chi connectivity index (χ0v) is 20.3. The van der Waals surface area contributed by atoms with Gasteiger partial charge in [0, 0.05) is 11.3 Å². The number of hydrogen-bond acceptors (Lipinski definition) is 8. The van der Waals surface area contributed by atoms with E-state index in [1.54, 1.807) is 18.2 Å². The van der Waals surface area contributed by atoms with Gasteiger partial charge < -0.3 is 14.8 Å². The highest BCUT2D eigenvalue weighted by Crippen LogP contribution is 2.30. The third-order valence-corrected chi connectivity index (χ3v) is 6.38. The molecule has 0 aliphatic rings. The molecule has 0 fully saturated rings. The fourth-order valence-electron chi connectivity index (χ4n) is 2.83. The van der Waals surface area contributed by atoms with Crippen LogP contribution >= 0.6 is 23.1 Å². The maximum Gasteiger partial charge on any atom is 0.257 e. The number of benzene rings is 2. The Bertz CT molecular complexity index is 1090. The van der Waals surface area contributed by atoms with Gasteiger partial charge in [-0.05, 0) is 56.2 Å². The van der Waals surface area contributed by atoms with Crippen molar-refractivity contribution >= 4 is 45.7 Å². The highest BCUT2D eigenvalue weighted by molar-refractivity contribution is 8.01. The van der Waals surface area contributed by atoms with Gasteiger partial charge in [0.1, 0.15) is 0 Å². The minimum atomic E-state index is -0.333. The first-order chi connectivity index (χ1) is 16.0. The lowest BCUT2D eigenvalue weighted by Gasteiger charge is -2.12. The number of carbonyl (C=O) groups excluding carboxylic acids is 2. The van der Waals surface area contributed by atoms with Crippen molar-refractivity contribution in [3.63, 3.8) is 0 Å². The molecule has 0 saturated heterocycles. The summed E-state index contributed by atoms with van der Waals surface area (Å²) in [6.45, 7) is 6.79. The Hall–Kier alpha value is -3.11. The topological polar surface area (TPSA) is 102 Å². The van der Waals surface area contributed by atoms with E-state index in [0.29, 0.717) is 39.7 Å². The quantitative estimate of drug-likeness (QED) is 0.294. The average molecular weight is 487 g/mol. The average Bonchev–Trinajstić information content (AvgIpc) is 3.27. The first-order valence-electron chi connectivity index (χ1n) is 10.6. The summed E-state index contributed by atoms with van der Waals surface area (Å²) in [5.74, 6) is 0.818. The Morgan fingerprint density at radius 2 is 1.67 bits per heavy atom. The number of nitrogens with zero attached hydrogens (tertiary/aromatic N) is 2. The number of rotatable bonds is 11. The molecule has 1 heterocycles. The van der Waals surface area contributed by atoms with Gasteiger partial charge in [0.25, 0.3) is 5.91 Å². The Kier molecular flexibility index (Phi) is 9.08. The maximum absolute atomic E-state index is 12.6. The fraction of sp³-hybridized carbons (Fsp3) is 0.304. The summed E-state index contributed by atoms with van der Waals surface area (Å²) in [6, 6.07) is 12.8. The van der Waals surface area contributed by atoms with Crippen LogP contribution in [0.25, 0.3) is 0 Å². The van der Waals surface area contributed by atoms with E-state index < -0.39 is 0 Å². The summed E-state index contributed by atoms with van der Waals surface area (Å²) in [5.41, 5.74) is 2.38. The Morgan fingerprint density at radius 1 is 0.939 bits per heavy atom. The van der Waals surface area contributed by atoms with Crippen molar-refractivity contribution in [2.45, 2.75) is 31.5 Å². The van der Waals surface area contributed by atoms with E-state index in [-0.39, 0.29) is 17.6 Å². The minimum Gasteiger partial charge on any atom is -0.490 e. The Balaban J connectivity index is 1.54. The summed E-state index contributed by atoms with van der Waals surface area (Å²) in [7, 11) is 0. The van der Waals surface area contributed by atoms with Crippen molar-refractivity contribution in [3.8, 4) is 11.5 Å². The van der Waals surface area contributed by atoms with Crippen molar-refractivity contribution in [1.29, 1.82) is 0 Å². The Morgan fingerprint density at radius 3 is 2.36 bits per heavy atom. The van der Waals surface area contributed by atoms with E-state index in [9.17, 15) is 9.59 Å². The second kappa shape index (κ2) is 12.2. The molecule has 0 aliphatic carbocycles. The molecule has 3 rings (SSSR count). The standard InChI is InChI=1S/C23H26N4O4S2/c1-4-15-7-10-17(11-8-15)24-20(28)14-32-23-27-26-22(33-23)25-21(29)16-9-12-18(30-5-2)19(13-16)31-6-3/h7-13H,4-6,14H2,1-3H3,(H,24,28)(H,25,26,29). The number of hydrogen-bond donors (Lipinski definition) is 2. The van der Waals surface area contributed by atoms with E-state index in [0.717, 1.165) is 12.1 Å². The molecule has 1 aromatic heterocycles. The van der Waals surface area contributed by atoms with Crippen LogP contribution in [0.3, 0.4) is 0 Å². The lowest BCUT2D eigenvalue weighted by Crippen LogP contribution is -2.13. The predicted octanol–water partition coefficient (Wildman–Crippen LogP) is 4.88. The number of carbonyl (C=O) groups is 2. The number of aryl methyl sites for hydroxylation is 1. The summed E-state index contributed by atoms with van der Waals surface area (Å²) in [5, 5.41) is 14.0. The molecule has 3 aromatic rings. The van der Waals surface area contributed by atoms with Gasteiger partial charge in [-0.15, -0.1) is 10.2 Å². The molecule has 0 atom stereocenters. The van der Waals surface area contributed by atoms with Crippen molar-refractivity contribution in [2.75, 3.05) is 29.6 Å². The summed E-state index contributed by atoms with van der Waals surface area (Å²) in [4.78, 5) is 24.8. The zero-order valence-electron chi connectivity index (χ0n) is 18.7. The van der Waals surface area contributed by atoms with Gasteiger partial charge in [0.15, 0.2) is 15.8 Å². The molecular weight excluding hydrogens is 460 g/mol. The molecule has 8 nitrogen and oxygen atoms in total. The molecule has 0 spiro atoms. The number of amides is 2. The van der Waals surface area contributed by atoms with E-state index in [4.69, 9.17) is 9.47 Å². The fourth-order valence-corrected chi connectivity index (χ4v) is 4.38. The van der Waals surface area contributed by atoms with Gasteiger partial charge in [-0.25, -0.2) is 0 Å². The molecule has 10 heteroatoms. The monoisotopic (exact) mass is 486 g/mol. The number of anilines is 2. The summed E-state index contributed by atoms with van der Waals surface area (Å²) in [6.07, 6.45) is 0.951. The first kappa shape index (κ1) is 24.5. The lowest BCUT2D eigenvalue weighted by atomic mass is 10.1. The number of aromatic nitrogens is 2. The van der Waals surface area contributed by atoms with Crippen LogP contribution in [-0.4, -0.2) is 41.0 Å². The van der Waals surface area contributed by atoms with Crippen LogP contribution < -0.4 is 20.1 Å². The van der Waals surface area contributed by atoms with Gasteiger partial charge in [0.2, 0.25) is 11.0 Å². The molecule has 2 N–H and O–H groups in total. The summed E-state index contributed by atoms with van der Waals surface area (Å²) < 4.78 is 11.7. The third-order valence-electron chi connectivity index (χ3n) is 4.41. The van der Waals surface area contributed by atoms with E-state index in [1.807, 2.05) is 38.1 Å². The molecule has 0 aliphatic heterocycles. The van der Waals surface area contributed by atoms with Crippen LogP contribution in [-0.2, 0) is 11.2 Å². The van der Waals surface area contributed by atoms with Crippen LogP contribution in [0.4, 0.5) is 10.8 Å². The van der Waals surface area contributed by atoms with E-state index in [1.165, 1.54) is 28.7 Å². The lowest BCUT2D eigenvalue weighted by molar-refractivity contribution is -0.113. The van der Waals surface area contributed by atoms with Crippen molar-refractivity contribution in [2.24, 2.45) is 0 Å². The van der Waals surface area contributed by atoms with Gasteiger partial charge in [0.05, 0.1) is 19.0 Å². The van der Waals surface area contributed by atoms with Crippen molar-refractivity contribution in [3.05, 3.63) is 53.6 Å². The minimum absolute atomic E-state index is 0.136. The highest BCUT2D eigenvalue weighted by Gasteiger charge is 2.15. The molecular formula is C23H26N4O4S2. The molecule has 2 aromatic carbocycles. The van der Waals surface area contributed by atoms with Crippen LogP contribution in [0.5, 0.6) is 11.5 Å². The Labute approximate surface area is 201 Å². The molecule has 0 saturated carbocycles. The smallest absolute Gasteiger partial charge is 0.257 e. The number of nitrogens with one attached hydrogen (secondary N) is 2. The molecule has 33 heavy (non-hydrogen) atoms. The second-order valence-corrected chi connectivity index (χ2v) is 8.94. The van der Waals surface area contributed by atoms with Crippen molar-refractivity contribution < 1.29 is 19.1 Å². The number of thioether (sulfide) groups is 1. The second-order valence-electron chi connectivity index (χ2n) is 6.74. The third kappa shape index (κ3) is 7.19. The van der Waals surface area contributed by atoms with Gasteiger partial charge in [-0.2, -0.15) is 0 Å². The first-order valence-corrected chi connectivity index (χ1v) is 12.4. The van der Waals surface area contributed by atoms with Crippen LogP contribution in [0.2, 0.25) is 0 Å². The van der Waals surface area contributed by atoms with Crippen LogP contribution in [0.1, 0.15) is 36.7 Å². The summed E-state index contributed by atoms with van der Waals surface area (Å²) >= 11 is 2.47.